The van der Waals surface area contributed by atoms with Gasteiger partial charge in [0.25, 0.3) is 0 Å². The summed E-state index contributed by atoms with van der Waals surface area (Å²) in [7, 11) is 0. The van der Waals surface area contributed by atoms with Gasteiger partial charge in [0.15, 0.2) is 0 Å². The molecule has 0 saturated carbocycles. The van der Waals surface area contributed by atoms with E-state index < -0.39 is 12.0 Å². The van der Waals surface area contributed by atoms with Crippen LogP contribution in [0, 0.1) is 0 Å². The van der Waals surface area contributed by atoms with Crippen molar-refractivity contribution in [2.24, 2.45) is 5.73 Å². The highest BCUT2D eigenvalue weighted by Crippen LogP contribution is 2.21. The molecule has 0 aromatic heterocycles. The Morgan fingerprint density at radius 2 is 1.67 bits per heavy atom. The van der Waals surface area contributed by atoms with Crippen molar-refractivity contribution in [1.29, 1.82) is 0 Å². The second-order valence-corrected chi connectivity index (χ2v) is 5.84. The first-order chi connectivity index (χ1) is 11.5. The molecule has 0 bridgehead atoms. The Kier molecular flexibility index (Phi) is 5.95. The molecule has 0 saturated heterocycles. The lowest BCUT2D eigenvalue weighted by molar-refractivity contribution is -0.116. The van der Waals surface area contributed by atoms with Crippen LogP contribution in [0.4, 0.5) is 10.5 Å². The molecule has 0 unspecified atom stereocenters. The number of nitrogens with two attached hydrogens (primary N) is 1. The zero-order chi connectivity index (χ0) is 17.5. The van der Waals surface area contributed by atoms with E-state index in [0.717, 1.165) is 11.1 Å². The van der Waals surface area contributed by atoms with Crippen LogP contribution in [-0.2, 0) is 16.1 Å². The van der Waals surface area contributed by atoms with Gasteiger partial charge in [0.1, 0.15) is 13.2 Å². The molecule has 0 aliphatic carbocycles. The molecule has 2 rings (SSSR count). The van der Waals surface area contributed by atoms with Crippen LogP contribution in [0.15, 0.2) is 54.6 Å². The van der Waals surface area contributed by atoms with E-state index in [1.54, 1.807) is 12.1 Å². The lowest BCUT2D eigenvalue weighted by Gasteiger charge is -2.21. The average molecular weight is 326 g/mol. The number of carbonyl (C=O) groups excluding carboxylic acids is 2. The summed E-state index contributed by atoms with van der Waals surface area (Å²) in [5.74, 6) is -0.215. The van der Waals surface area contributed by atoms with Gasteiger partial charge in [-0.2, -0.15) is 0 Å². The molecule has 2 N–H and O–H groups in total. The molecule has 2 aromatic rings. The number of carbonyl (C=O) groups is 2. The van der Waals surface area contributed by atoms with Gasteiger partial charge in [0.2, 0.25) is 5.91 Å². The number of primary amides is 1. The molecule has 126 valence electrons. The van der Waals surface area contributed by atoms with Crippen molar-refractivity contribution in [3.63, 3.8) is 0 Å². The second kappa shape index (κ2) is 8.15. The van der Waals surface area contributed by atoms with Gasteiger partial charge in [0.05, 0.1) is 0 Å². The van der Waals surface area contributed by atoms with E-state index in [-0.39, 0.29) is 13.2 Å². The number of hydrogen-bond acceptors (Lipinski definition) is 3. The zero-order valence-corrected chi connectivity index (χ0v) is 13.9. The fourth-order valence-corrected chi connectivity index (χ4v) is 2.25. The fourth-order valence-electron chi connectivity index (χ4n) is 2.25. The quantitative estimate of drug-likeness (QED) is 0.884. The summed E-state index contributed by atoms with van der Waals surface area (Å²) in [4.78, 5) is 24.9. The monoisotopic (exact) mass is 326 g/mol. The minimum Gasteiger partial charge on any atom is -0.444 e. The predicted octanol–water partition coefficient (Wildman–Crippen LogP) is 3.44. The van der Waals surface area contributed by atoms with Crippen LogP contribution in [0.2, 0.25) is 0 Å². The molecule has 0 aliphatic heterocycles. The van der Waals surface area contributed by atoms with Crippen molar-refractivity contribution in [2.45, 2.75) is 26.4 Å². The molecular weight excluding hydrogens is 304 g/mol. The second-order valence-electron chi connectivity index (χ2n) is 5.84. The van der Waals surface area contributed by atoms with Gasteiger partial charge in [-0.05, 0) is 29.2 Å². The average Bonchev–Trinajstić information content (AvgIpc) is 2.58. The smallest absolute Gasteiger partial charge is 0.415 e. The topological polar surface area (TPSA) is 72.6 Å². The largest absolute Gasteiger partial charge is 0.444 e. The van der Waals surface area contributed by atoms with Gasteiger partial charge in [-0.15, -0.1) is 0 Å². The highest BCUT2D eigenvalue weighted by atomic mass is 16.6. The summed E-state index contributed by atoms with van der Waals surface area (Å²) >= 11 is 0. The van der Waals surface area contributed by atoms with Crippen molar-refractivity contribution in [2.75, 3.05) is 11.4 Å². The third-order valence-corrected chi connectivity index (χ3v) is 3.61. The van der Waals surface area contributed by atoms with Gasteiger partial charge in [-0.25, -0.2) is 4.79 Å². The third kappa shape index (κ3) is 4.84. The number of nitrogens with zero attached hydrogens (tertiary/aromatic N) is 1. The maximum atomic E-state index is 12.4. The molecular formula is C19H22N2O3. The molecule has 24 heavy (non-hydrogen) atoms. The lowest BCUT2D eigenvalue weighted by Crippen LogP contribution is -2.38. The minimum absolute atomic E-state index is 0.138. The molecule has 0 heterocycles. The summed E-state index contributed by atoms with van der Waals surface area (Å²) in [5, 5.41) is 0. The van der Waals surface area contributed by atoms with Gasteiger partial charge >= 0.3 is 6.09 Å². The van der Waals surface area contributed by atoms with Gasteiger partial charge in [-0.1, -0.05) is 56.3 Å². The summed E-state index contributed by atoms with van der Waals surface area (Å²) in [6, 6.07) is 16.8. The molecule has 2 aromatic carbocycles. The van der Waals surface area contributed by atoms with Gasteiger partial charge in [-0.3, -0.25) is 9.69 Å². The Hall–Kier alpha value is -2.82. The number of benzene rings is 2. The third-order valence-electron chi connectivity index (χ3n) is 3.61. The first-order valence-corrected chi connectivity index (χ1v) is 7.84. The van der Waals surface area contributed by atoms with Crippen LogP contribution >= 0.6 is 0 Å². The molecule has 0 fully saturated rings. The van der Waals surface area contributed by atoms with E-state index >= 15 is 0 Å². The maximum Gasteiger partial charge on any atom is 0.415 e. The number of hydrogen-bond donors (Lipinski definition) is 1. The normalized spacial score (nSPS) is 10.5. The standard InChI is InChI=1S/C19H22N2O3/c1-14(2)16-8-10-17(11-9-16)21(12-18(20)22)19(23)24-13-15-6-4-3-5-7-15/h3-11,14H,12-13H2,1-2H3,(H2,20,22). The van der Waals surface area contributed by atoms with Crippen molar-refractivity contribution in [3.8, 4) is 0 Å². The summed E-state index contributed by atoms with van der Waals surface area (Å²) < 4.78 is 5.30. The van der Waals surface area contributed by atoms with E-state index in [1.807, 2.05) is 42.5 Å². The van der Waals surface area contributed by atoms with Crippen molar-refractivity contribution in [3.05, 3.63) is 65.7 Å². The van der Waals surface area contributed by atoms with Crippen molar-refractivity contribution in [1.82, 2.24) is 0 Å². The highest BCUT2D eigenvalue weighted by molar-refractivity contribution is 5.94. The predicted molar refractivity (Wildman–Crippen MR) is 93.7 cm³/mol. The Balaban J connectivity index is 2.11. The summed E-state index contributed by atoms with van der Waals surface area (Å²) in [6.45, 7) is 4.09. The van der Waals surface area contributed by atoms with Crippen LogP contribution < -0.4 is 10.6 Å². The lowest BCUT2D eigenvalue weighted by atomic mass is 10.0. The molecule has 0 radical (unpaired) electrons. The Bertz CT molecular complexity index is 682. The Morgan fingerprint density at radius 3 is 2.21 bits per heavy atom. The van der Waals surface area contributed by atoms with Crippen LogP contribution in [0.5, 0.6) is 0 Å². The number of rotatable bonds is 6. The Labute approximate surface area is 142 Å². The van der Waals surface area contributed by atoms with Crippen LogP contribution in [-0.4, -0.2) is 18.5 Å². The molecule has 5 nitrogen and oxygen atoms in total. The maximum absolute atomic E-state index is 12.4. The van der Waals surface area contributed by atoms with E-state index in [1.165, 1.54) is 4.90 Å². The molecule has 5 heteroatoms. The fraction of sp³-hybridized carbons (Fsp3) is 0.263. The van der Waals surface area contributed by atoms with Crippen LogP contribution in [0.1, 0.15) is 30.9 Å². The van der Waals surface area contributed by atoms with Crippen molar-refractivity contribution < 1.29 is 14.3 Å². The number of amides is 2. The molecule has 0 aliphatic rings. The van der Waals surface area contributed by atoms with Gasteiger partial charge < -0.3 is 10.5 Å². The van der Waals surface area contributed by atoms with E-state index in [4.69, 9.17) is 10.5 Å². The minimum atomic E-state index is -0.602. The van der Waals surface area contributed by atoms with E-state index in [2.05, 4.69) is 13.8 Å². The first-order valence-electron chi connectivity index (χ1n) is 7.84. The van der Waals surface area contributed by atoms with Crippen LogP contribution in [0.3, 0.4) is 0 Å². The molecule has 0 atom stereocenters. The van der Waals surface area contributed by atoms with E-state index in [9.17, 15) is 9.59 Å². The van der Waals surface area contributed by atoms with E-state index in [0.29, 0.717) is 11.6 Å². The number of anilines is 1. The SMILES string of the molecule is CC(C)c1ccc(N(CC(N)=O)C(=O)OCc2ccccc2)cc1. The summed E-state index contributed by atoms with van der Waals surface area (Å²) in [5.41, 5.74) is 7.87. The first kappa shape index (κ1) is 17.5. The number of ether oxygens (including phenoxy) is 1. The summed E-state index contributed by atoms with van der Waals surface area (Å²) in [6.07, 6.45) is -0.602. The molecule has 0 spiro atoms. The van der Waals surface area contributed by atoms with Gasteiger partial charge in [0, 0.05) is 5.69 Å². The highest BCUT2D eigenvalue weighted by Gasteiger charge is 2.19. The van der Waals surface area contributed by atoms with Crippen LogP contribution in [0.25, 0.3) is 0 Å². The van der Waals surface area contributed by atoms with Crippen molar-refractivity contribution >= 4 is 17.7 Å². The zero-order valence-electron chi connectivity index (χ0n) is 13.9. The molecule has 2 amide bonds. The Morgan fingerprint density at radius 1 is 1.04 bits per heavy atom.